The van der Waals surface area contributed by atoms with E-state index in [2.05, 4.69) is 20.2 Å². The van der Waals surface area contributed by atoms with Gasteiger partial charge in [-0.15, -0.1) is 0 Å². The van der Waals surface area contributed by atoms with Crippen molar-refractivity contribution in [2.24, 2.45) is 5.73 Å². The van der Waals surface area contributed by atoms with Crippen molar-refractivity contribution in [2.75, 3.05) is 11.9 Å². The second-order valence-corrected chi connectivity index (χ2v) is 7.95. The number of nitrogens with two attached hydrogens (primary N) is 1. The topological polar surface area (TPSA) is 132 Å². The summed E-state index contributed by atoms with van der Waals surface area (Å²) < 4.78 is 2.12. The highest BCUT2D eigenvalue weighted by Crippen LogP contribution is 2.25. The van der Waals surface area contributed by atoms with Gasteiger partial charge in [0.1, 0.15) is 11.3 Å². The average Bonchev–Trinajstić information content (AvgIpc) is 2.93. The van der Waals surface area contributed by atoms with Crippen LogP contribution in [0.5, 0.6) is 0 Å². The first kappa shape index (κ1) is 21.5. The average molecular weight is 435 g/mol. The molecule has 3 heterocycles. The summed E-state index contributed by atoms with van der Waals surface area (Å²) in [4.78, 5) is 46.1. The third-order valence-electron chi connectivity index (χ3n) is 5.51. The first-order valence-electron chi connectivity index (χ1n) is 10.8. The lowest BCUT2D eigenvalue weighted by Gasteiger charge is -2.12. The number of aromatic nitrogens is 3. The van der Waals surface area contributed by atoms with Crippen LogP contribution in [0.3, 0.4) is 0 Å². The lowest BCUT2D eigenvalue weighted by Crippen LogP contribution is -2.29. The van der Waals surface area contributed by atoms with Crippen LogP contribution < -0.4 is 16.4 Å². The highest BCUT2D eigenvalue weighted by molar-refractivity contribution is 6.13. The molecule has 3 aromatic rings. The standard InChI is InChI=1S/C23H26N6O3/c1-14-13-16(20-21(26-14)29-12-6-2-3-9-19(29)28-20)23(32)27-17-8-5-4-7-15(17)22(31)25-11-10-18(24)30/h4-5,7-8,13H,2-3,6,9-12H2,1H3,(H2,24,30)(H,25,31)(H,27,32). The Morgan fingerprint density at radius 1 is 1.06 bits per heavy atom. The Morgan fingerprint density at radius 2 is 1.88 bits per heavy atom. The molecule has 0 spiro atoms. The zero-order chi connectivity index (χ0) is 22.7. The van der Waals surface area contributed by atoms with Crippen molar-refractivity contribution in [3.63, 3.8) is 0 Å². The number of benzene rings is 1. The third-order valence-corrected chi connectivity index (χ3v) is 5.51. The number of carbonyl (C=O) groups excluding carboxylic acids is 3. The Morgan fingerprint density at radius 3 is 2.69 bits per heavy atom. The maximum atomic E-state index is 13.3. The number of nitrogens with zero attached hydrogens (tertiary/aromatic N) is 3. The van der Waals surface area contributed by atoms with Gasteiger partial charge in [-0.3, -0.25) is 14.4 Å². The number of carbonyl (C=O) groups is 3. The Kier molecular flexibility index (Phi) is 6.16. The van der Waals surface area contributed by atoms with E-state index in [1.807, 2.05) is 6.92 Å². The second-order valence-electron chi connectivity index (χ2n) is 7.95. The second kappa shape index (κ2) is 9.17. The lowest BCUT2D eigenvalue weighted by molar-refractivity contribution is -0.117. The van der Waals surface area contributed by atoms with Gasteiger partial charge in [0.15, 0.2) is 5.65 Å². The molecule has 1 aliphatic heterocycles. The summed E-state index contributed by atoms with van der Waals surface area (Å²) >= 11 is 0. The van der Waals surface area contributed by atoms with E-state index in [4.69, 9.17) is 10.7 Å². The van der Waals surface area contributed by atoms with Gasteiger partial charge in [-0.2, -0.15) is 0 Å². The van der Waals surface area contributed by atoms with Crippen molar-refractivity contribution in [1.82, 2.24) is 19.9 Å². The van der Waals surface area contributed by atoms with Crippen LogP contribution in [0.4, 0.5) is 5.69 Å². The molecule has 3 amide bonds. The van der Waals surface area contributed by atoms with Crippen molar-refractivity contribution >= 4 is 34.6 Å². The van der Waals surface area contributed by atoms with Gasteiger partial charge in [0.05, 0.1) is 16.8 Å². The van der Waals surface area contributed by atoms with Crippen LogP contribution in [0.1, 0.15) is 57.9 Å². The third kappa shape index (κ3) is 4.46. The molecule has 0 atom stereocenters. The molecule has 1 aromatic carbocycles. The van der Waals surface area contributed by atoms with Crippen LogP contribution in [0.2, 0.25) is 0 Å². The largest absolute Gasteiger partial charge is 0.370 e. The van der Waals surface area contributed by atoms with Gasteiger partial charge < -0.3 is 20.9 Å². The Labute approximate surface area is 185 Å². The van der Waals surface area contributed by atoms with E-state index in [0.717, 1.165) is 49.4 Å². The Hall–Kier alpha value is -3.75. The highest BCUT2D eigenvalue weighted by Gasteiger charge is 2.22. The van der Waals surface area contributed by atoms with Crippen LogP contribution in [0.15, 0.2) is 30.3 Å². The summed E-state index contributed by atoms with van der Waals surface area (Å²) in [5.41, 5.74) is 8.25. The number of pyridine rings is 1. The van der Waals surface area contributed by atoms with Crippen LogP contribution in [-0.2, 0) is 17.8 Å². The lowest BCUT2D eigenvalue weighted by atomic mass is 10.1. The fourth-order valence-electron chi connectivity index (χ4n) is 3.96. The molecule has 0 saturated carbocycles. The number of nitrogens with one attached hydrogen (secondary N) is 2. The first-order valence-corrected chi connectivity index (χ1v) is 10.8. The number of aryl methyl sites for hydroxylation is 3. The summed E-state index contributed by atoms with van der Waals surface area (Å²) in [5, 5.41) is 5.50. The van der Waals surface area contributed by atoms with Gasteiger partial charge >= 0.3 is 0 Å². The van der Waals surface area contributed by atoms with Crippen LogP contribution in [0.25, 0.3) is 11.2 Å². The van der Waals surface area contributed by atoms with Gasteiger partial charge in [0, 0.05) is 31.6 Å². The molecular formula is C23H26N6O3. The van der Waals surface area contributed by atoms with Gasteiger partial charge in [-0.1, -0.05) is 18.6 Å². The number of anilines is 1. The maximum Gasteiger partial charge on any atom is 0.258 e. The van der Waals surface area contributed by atoms with E-state index in [-0.39, 0.29) is 18.9 Å². The van der Waals surface area contributed by atoms with Gasteiger partial charge in [0.2, 0.25) is 5.91 Å². The number of fused-ring (bicyclic) bond motifs is 3. The smallest absolute Gasteiger partial charge is 0.258 e. The fourth-order valence-corrected chi connectivity index (χ4v) is 3.96. The van der Waals surface area contributed by atoms with Crippen molar-refractivity contribution in [2.45, 2.75) is 45.6 Å². The monoisotopic (exact) mass is 434 g/mol. The normalized spacial score (nSPS) is 13.3. The zero-order valence-electron chi connectivity index (χ0n) is 18.0. The zero-order valence-corrected chi connectivity index (χ0v) is 18.0. The summed E-state index contributed by atoms with van der Waals surface area (Å²) in [6.45, 7) is 2.82. The molecule has 1 aliphatic rings. The van der Waals surface area contributed by atoms with Gasteiger partial charge in [-0.05, 0) is 38.0 Å². The highest BCUT2D eigenvalue weighted by atomic mass is 16.2. The van der Waals surface area contributed by atoms with Crippen molar-refractivity contribution in [1.29, 1.82) is 0 Å². The first-order chi connectivity index (χ1) is 15.4. The molecule has 0 radical (unpaired) electrons. The van der Waals surface area contributed by atoms with Gasteiger partial charge in [0.25, 0.3) is 11.8 Å². The number of imidazole rings is 1. The predicted octanol–water partition coefficient (Wildman–Crippen LogP) is 2.32. The predicted molar refractivity (Wildman–Crippen MR) is 120 cm³/mol. The molecule has 9 heteroatoms. The number of para-hydroxylation sites is 1. The molecule has 9 nitrogen and oxygen atoms in total. The van der Waals surface area contributed by atoms with E-state index >= 15 is 0 Å². The number of hydrogen-bond acceptors (Lipinski definition) is 5. The van der Waals surface area contributed by atoms with E-state index < -0.39 is 11.8 Å². The van der Waals surface area contributed by atoms with Gasteiger partial charge in [-0.25, -0.2) is 9.97 Å². The fraction of sp³-hybridized carbons (Fsp3) is 0.348. The summed E-state index contributed by atoms with van der Waals surface area (Å²) in [7, 11) is 0. The minimum Gasteiger partial charge on any atom is -0.370 e. The van der Waals surface area contributed by atoms with E-state index in [9.17, 15) is 14.4 Å². The van der Waals surface area contributed by atoms with Crippen LogP contribution >= 0.6 is 0 Å². The van der Waals surface area contributed by atoms with E-state index in [1.54, 1.807) is 30.3 Å². The molecule has 0 bridgehead atoms. The molecule has 2 aromatic heterocycles. The summed E-state index contributed by atoms with van der Waals surface area (Å²) in [6.07, 6.45) is 4.20. The molecule has 0 saturated heterocycles. The summed E-state index contributed by atoms with van der Waals surface area (Å²) in [6, 6.07) is 8.44. The van der Waals surface area contributed by atoms with E-state index in [1.165, 1.54) is 0 Å². The molecule has 4 N–H and O–H groups in total. The number of rotatable bonds is 6. The number of hydrogen-bond donors (Lipinski definition) is 3. The number of amides is 3. The molecule has 0 unspecified atom stereocenters. The molecular weight excluding hydrogens is 408 g/mol. The van der Waals surface area contributed by atoms with Crippen molar-refractivity contribution in [3.05, 3.63) is 53.0 Å². The minimum atomic E-state index is -0.498. The molecule has 0 fully saturated rings. The molecule has 4 rings (SSSR count). The quantitative estimate of drug-likeness (QED) is 0.548. The van der Waals surface area contributed by atoms with Crippen molar-refractivity contribution < 1.29 is 14.4 Å². The SMILES string of the molecule is Cc1cc(C(=O)Nc2ccccc2C(=O)NCCC(N)=O)c2nc3n(c2n1)CCCCC3. The Balaban J connectivity index is 1.63. The summed E-state index contributed by atoms with van der Waals surface area (Å²) in [5.74, 6) is -0.292. The van der Waals surface area contributed by atoms with Crippen LogP contribution in [-0.4, -0.2) is 38.8 Å². The maximum absolute atomic E-state index is 13.3. The minimum absolute atomic E-state index is 0.0412. The van der Waals surface area contributed by atoms with E-state index in [0.29, 0.717) is 22.3 Å². The number of primary amides is 1. The van der Waals surface area contributed by atoms with Crippen molar-refractivity contribution in [3.8, 4) is 0 Å². The molecule has 32 heavy (non-hydrogen) atoms. The molecule has 166 valence electrons. The Bertz CT molecular complexity index is 1200. The van der Waals surface area contributed by atoms with Crippen LogP contribution in [0, 0.1) is 6.92 Å². The molecule has 0 aliphatic carbocycles.